The van der Waals surface area contributed by atoms with Gasteiger partial charge in [-0.2, -0.15) is 5.10 Å². The van der Waals surface area contributed by atoms with E-state index in [1.54, 1.807) is 6.20 Å². The van der Waals surface area contributed by atoms with E-state index in [9.17, 15) is 9.59 Å². The average molecular weight is 362 g/mol. The quantitative estimate of drug-likeness (QED) is 0.652. The molecule has 7 heteroatoms. The van der Waals surface area contributed by atoms with Crippen molar-refractivity contribution in [2.75, 3.05) is 18.5 Å². The number of aliphatic hydroxyl groups is 1. The highest BCUT2D eigenvalue weighted by atomic mass is 16.3. The van der Waals surface area contributed by atoms with Crippen LogP contribution >= 0.6 is 0 Å². The maximum atomic E-state index is 12.2. The van der Waals surface area contributed by atoms with Crippen LogP contribution in [0.3, 0.4) is 0 Å². The minimum atomic E-state index is -0.436. The van der Waals surface area contributed by atoms with Gasteiger partial charge in [-0.3, -0.25) is 19.2 Å². The first-order valence-corrected chi connectivity index (χ1v) is 8.60. The van der Waals surface area contributed by atoms with Crippen LogP contribution in [0, 0.1) is 0 Å². The van der Waals surface area contributed by atoms with E-state index in [1.807, 2.05) is 41.1 Å². The molecule has 0 aliphatic carbocycles. The highest BCUT2D eigenvalue weighted by Crippen LogP contribution is 2.23. The molecule has 0 saturated heterocycles. The topological polar surface area (TPSA) is 87.5 Å². The van der Waals surface area contributed by atoms with E-state index in [0.717, 1.165) is 21.4 Å². The van der Waals surface area contributed by atoms with Crippen LogP contribution in [0.2, 0.25) is 0 Å². The van der Waals surface area contributed by atoms with Crippen LogP contribution in [0.1, 0.15) is 5.56 Å². The van der Waals surface area contributed by atoms with Gasteiger partial charge in [-0.05, 0) is 23.8 Å². The number of aliphatic hydroxyl groups excluding tert-OH is 1. The summed E-state index contributed by atoms with van der Waals surface area (Å²) in [6, 6.07) is 15.7. The Bertz CT molecular complexity index is 1040. The lowest BCUT2D eigenvalue weighted by atomic mass is 10.2. The minimum Gasteiger partial charge on any atom is -0.395 e. The second-order valence-electron chi connectivity index (χ2n) is 6.26. The molecule has 4 rings (SSSR count). The van der Waals surface area contributed by atoms with Crippen LogP contribution in [-0.4, -0.2) is 44.8 Å². The zero-order valence-corrected chi connectivity index (χ0v) is 14.5. The summed E-state index contributed by atoms with van der Waals surface area (Å²) < 4.78 is 1.92. The summed E-state index contributed by atoms with van der Waals surface area (Å²) in [6.45, 7) is 0.404. The Morgan fingerprint density at radius 3 is 2.67 bits per heavy atom. The molecule has 0 atom stereocenters. The van der Waals surface area contributed by atoms with Crippen LogP contribution < -0.4 is 5.32 Å². The monoisotopic (exact) mass is 362 g/mol. The molecule has 1 aromatic heterocycles. The van der Waals surface area contributed by atoms with Gasteiger partial charge in [0.1, 0.15) is 5.70 Å². The van der Waals surface area contributed by atoms with E-state index in [-0.39, 0.29) is 18.8 Å². The number of nitrogens with one attached hydrogen (secondary N) is 1. The first-order valence-electron chi connectivity index (χ1n) is 8.60. The average Bonchev–Trinajstić information content (AvgIpc) is 3.18. The molecule has 0 bridgehead atoms. The van der Waals surface area contributed by atoms with Gasteiger partial charge in [0, 0.05) is 17.1 Å². The predicted molar refractivity (Wildman–Crippen MR) is 101 cm³/mol. The number of carbonyl (C=O) groups excluding carboxylic acids is 2. The van der Waals surface area contributed by atoms with Crippen molar-refractivity contribution in [3.8, 4) is 0 Å². The Morgan fingerprint density at radius 2 is 1.89 bits per heavy atom. The molecule has 1 aliphatic heterocycles. The second kappa shape index (κ2) is 7.05. The summed E-state index contributed by atoms with van der Waals surface area (Å²) in [7, 11) is 0. The maximum absolute atomic E-state index is 12.2. The Balaban J connectivity index is 1.54. The normalized spacial score (nSPS) is 14.1. The summed E-state index contributed by atoms with van der Waals surface area (Å²) >= 11 is 0. The third-order valence-electron chi connectivity index (χ3n) is 4.43. The SMILES string of the molecule is O=C1C=C(Nc2ccc3c(cnn3Cc3ccccc3)c2)C(=O)N1CCO. The van der Waals surface area contributed by atoms with Crippen molar-refractivity contribution >= 4 is 28.4 Å². The molecule has 0 radical (unpaired) electrons. The van der Waals surface area contributed by atoms with E-state index >= 15 is 0 Å². The van der Waals surface area contributed by atoms with Crippen LogP contribution in [0.25, 0.3) is 10.9 Å². The Morgan fingerprint density at radius 1 is 1.07 bits per heavy atom. The number of carbonyl (C=O) groups is 2. The summed E-state index contributed by atoms with van der Waals surface area (Å²) in [6.07, 6.45) is 3.03. The molecule has 27 heavy (non-hydrogen) atoms. The van der Waals surface area contributed by atoms with E-state index in [2.05, 4.69) is 22.5 Å². The Labute approximate surface area is 155 Å². The largest absolute Gasteiger partial charge is 0.395 e. The smallest absolute Gasteiger partial charge is 0.277 e. The molecular formula is C20H18N4O3. The highest BCUT2D eigenvalue weighted by Gasteiger charge is 2.30. The van der Waals surface area contributed by atoms with Crippen LogP contribution in [-0.2, 0) is 16.1 Å². The zero-order valence-electron chi connectivity index (χ0n) is 14.5. The molecule has 3 aromatic rings. The fourth-order valence-corrected chi connectivity index (χ4v) is 3.11. The lowest BCUT2D eigenvalue weighted by Gasteiger charge is -2.13. The molecule has 1 aliphatic rings. The van der Waals surface area contributed by atoms with Crippen molar-refractivity contribution in [1.29, 1.82) is 0 Å². The number of aromatic nitrogens is 2. The van der Waals surface area contributed by atoms with Gasteiger partial charge < -0.3 is 10.4 Å². The predicted octanol–water partition coefficient (Wildman–Crippen LogP) is 1.74. The summed E-state index contributed by atoms with van der Waals surface area (Å²) in [4.78, 5) is 25.1. The zero-order chi connectivity index (χ0) is 18.8. The lowest BCUT2D eigenvalue weighted by molar-refractivity contribution is -0.137. The number of nitrogens with zero attached hydrogens (tertiary/aromatic N) is 3. The number of imide groups is 1. The van der Waals surface area contributed by atoms with Crippen LogP contribution in [0.4, 0.5) is 5.69 Å². The van der Waals surface area contributed by atoms with E-state index < -0.39 is 11.8 Å². The minimum absolute atomic E-state index is 0.00929. The highest BCUT2D eigenvalue weighted by molar-refractivity contribution is 6.17. The summed E-state index contributed by atoms with van der Waals surface area (Å²) in [5.41, 5.74) is 3.03. The van der Waals surface area contributed by atoms with E-state index in [4.69, 9.17) is 5.11 Å². The van der Waals surface area contributed by atoms with E-state index in [1.165, 1.54) is 6.08 Å². The van der Waals surface area contributed by atoms with Gasteiger partial charge in [-0.25, -0.2) is 0 Å². The standard InChI is InChI=1S/C20H18N4O3/c25-9-8-23-19(26)11-17(20(23)27)22-16-6-7-18-15(10-16)12-21-24(18)13-14-4-2-1-3-5-14/h1-7,10-12,22,25H,8-9,13H2. The summed E-state index contributed by atoms with van der Waals surface area (Å²) in [5, 5.41) is 17.3. The number of anilines is 1. The second-order valence-corrected chi connectivity index (χ2v) is 6.26. The lowest BCUT2D eigenvalue weighted by Crippen LogP contribution is -2.34. The van der Waals surface area contributed by atoms with Crippen molar-refractivity contribution in [2.45, 2.75) is 6.54 Å². The number of hydrogen-bond donors (Lipinski definition) is 2. The van der Waals surface area contributed by atoms with Gasteiger partial charge in [0.25, 0.3) is 11.8 Å². The molecule has 2 amide bonds. The van der Waals surface area contributed by atoms with Gasteiger partial charge in [0.05, 0.1) is 31.4 Å². The van der Waals surface area contributed by atoms with Crippen molar-refractivity contribution in [3.63, 3.8) is 0 Å². The number of fused-ring (bicyclic) bond motifs is 1. The van der Waals surface area contributed by atoms with Gasteiger partial charge in [0.2, 0.25) is 0 Å². The number of benzene rings is 2. The number of hydrogen-bond acceptors (Lipinski definition) is 5. The molecule has 136 valence electrons. The fourth-order valence-electron chi connectivity index (χ4n) is 3.11. The van der Waals surface area contributed by atoms with Gasteiger partial charge >= 0.3 is 0 Å². The van der Waals surface area contributed by atoms with Crippen molar-refractivity contribution in [1.82, 2.24) is 14.7 Å². The first kappa shape index (κ1) is 17.0. The summed E-state index contributed by atoms with van der Waals surface area (Å²) in [5.74, 6) is -0.859. The molecule has 7 nitrogen and oxygen atoms in total. The van der Waals surface area contributed by atoms with Crippen LogP contribution in [0.15, 0.2) is 66.5 Å². The molecule has 0 unspecified atom stereocenters. The molecule has 2 heterocycles. The molecular weight excluding hydrogens is 344 g/mol. The molecule has 2 N–H and O–H groups in total. The number of β-amino-alcohol motifs (C(OH)–C–C–N with tert-alkyl or cyclic N) is 1. The first-order chi connectivity index (χ1) is 13.2. The third-order valence-corrected chi connectivity index (χ3v) is 4.43. The molecule has 0 fully saturated rings. The molecule has 0 saturated carbocycles. The van der Waals surface area contributed by atoms with Crippen LogP contribution in [0.5, 0.6) is 0 Å². The maximum Gasteiger partial charge on any atom is 0.277 e. The number of amides is 2. The van der Waals surface area contributed by atoms with Crippen molar-refractivity contribution < 1.29 is 14.7 Å². The van der Waals surface area contributed by atoms with Gasteiger partial charge in [0.15, 0.2) is 0 Å². The Hall–Kier alpha value is -3.45. The molecule has 2 aromatic carbocycles. The third kappa shape index (κ3) is 3.32. The van der Waals surface area contributed by atoms with Crippen molar-refractivity contribution in [3.05, 3.63) is 72.1 Å². The Kier molecular flexibility index (Phi) is 4.43. The number of rotatable bonds is 6. The van der Waals surface area contributed by atoms with Gasteiger partial charge in [-0.1, -0.05) is 30.3 Å². The van der Waals surface area contributed by atoms with E-state index in [0.29, 0.717) is 12.2 Å². The fraction of sp³-hybridized carbons (Fsp3) is 0.150. The molecule has 0 spiro atoms. The van der Waals surface area contributed by atoms with Gasteiger partial charge in [-0.15, -0.1) is 0 Å². The van der Waals surface area contributed by atoms with Crippen molar-refractivity contribution in [2.24, 2.45) is 0 Å².